The van der Waals surface area contributed by atoms with Gasteiger partial charge in [0.2, 0.25) is 0 Å². The molecule has 2 heterocycles. The van der Waals surface area contributed by atoms with Gasteiger partial charge in [0.1, 0.15) is 0 Å². The molecule has 0 bridgehead atoms. The van der Waals surface area contributed by atoms with Gasteiger partial charge in [0.25, 0.3) is 0 Å². The number of benzene rings is 1. The monoisotopic (exact) mass is 245 g/mol. The average Bonchev–Trinajstić information content (AvgIpc) is 3.09. The summed E-state index contributed by atoms with van der Waals surface area (Å²) in [5.41, 5.74) is 1.32. The molecule has 0 aliphatic rings. The Labute approximate surface area is 105 Å². The predicted molar refractivity (Wildman–Crippen MR) is 71.9 cm³/mol. The van der Waals surface area contributed by atoms with E-state index in [1.54, 1.807) is 23.7 Å². The molecule has 0 aliphatic carbocycles. The highest BCUT2D eigenvalue weighted by Gasteiger charge is 1.72. The molecule has 0 aliphatic heterocycles. The van der Waals surface area contributed by atoms with Gasteiger partial charge in [-0.25, -0.2) is 0 Å². The Morgan fingerprint density at radius 2 is 1.71 bits per heavy atom. The molecule has 0 radical (unpaired) electrons. The molecular weight excluding hydrogens is 230 g/mol. The first kappa shape index (κ1) is 13.1. The van der Waals surface area contributed by atoms with Gasteiger partial charge in [0.15, 0.2) is 0 Å². The lowest BCUT2D eigenvalue weighted by Crippen LogP contribution is -1.62. The first-order valence-electron chi connectivity index (χ1n) is 5.19. The van der Waals surface area contributed by atoms with Gasteiger partial charge in [0.05, 0.1) is 6.20 Å². The van der Waals surface area contributed by atoms with E-state index >= 15 is 0 Å². The van der Waals surface area contributed by atoms with E-state index in [1.165, 1.54) is 5.56 Å². The summed E-state index contributed by atoms with van der Waals surface area (Å²) < 4.78 is 0. The molecule has 0 unspecified atom stereocenters. The van der Waals surface area contributed by atoms with E-state index in [1.807, 2.05) is 41.1 Å². The Hall–Kier alpha value is -1.94. The Morgan fingerprint density at radius 1 is 1.00 bits per heavy atom. The number of nitrogens with one attached hydrogen (secondary N) is 1. The van der Waals surface area contributed by atoms with Crippen LogP contribution in [0.1, 0.15) is 5.56 Å². The second-order valence-corrected chi connectivity index (χ2v) is 3.92. The highest BCUT2D eigenvalue weighted by molar-refractivity contribution is 7.07. The minimum Gasteiger partial charge on any atom is -0.266 e. The molecule has 0 spiro atoms. The maximum absolute atomic E-state index is 3.42. The van der Waals surface area contributed by atoms with Gasteiger partial charge >= 0.3 is 0 Å². The van der Waals surface area contributed by atoms with Crippen LogP contribution in [0.2, 0.25) is 0 Å². The fourth-order valence-corrected chi connectivity index (χ4v) is 1.38. The summed E-state index contributed by atoms with van der Waals surface area (Å²) in [7, 11) is 0. The number of aryl methyl sites for hydroxylation is 1. The normalized spacial score (nSPS) is 8.29. The smallest absolute Gasteiger partial charge is 0.0690 e. The third-order valence-electron chi connectivity index (χ3n) is 1.70. The summed E-state index contributed by atoms with van der Waals surface area (Å²) in [6, 6.07) is 14.3. The number of thiophene rings is 1. The van der Waals surface area contributed by atoms with E-state index in [2.05, 4.69) is 34.5 Å². The summed E-state index contributed by atoms with van der Waals surface area (Å²) in [5, 5.41) is 13.3. The van der Waals surface area contributed by atoms with Crippen molar-refractivity contribution in [1.29, 1.82) is 0 Å². The van der Waals surface area contributed by atoms with Crippen molar-refractivity contribution in [2.75, 3.05) is 0 Å². The van der Waals surface area contributed by atoms with Gasteiger partial charge in [0, 0.05) is 6.20 Å². The van der Waals surface area contributed by atoms with Crippen LogP contribution in [0.25, 0.3) is 0 Å². The van der Waals surface area contributed by atoms with Gasteiger partial charge in [-0.2, -0.15) is 11.3 Å². The van der Waals surface area contributed by atoms with Crippen molar-refractivity contribution in [2.45, 2.75) is 6.92 Å². The highest BCUT2D eigenvalue weighted by atomic mass is 32.1. The molecule has 4 heteroatoms. The minimum absolute atomic E-state index is 1.32. The van der Waals surface area contributed by atoms with Gasteiger partial charge < -0.3 is 0 Å². The lowest BCUT2D eigenvalue weighted by Gasteiger charge is -1.82. The molecule has 88 valence electrons. The standard InChI is InChI=1S/C7H8.C4H4S.C2H3N3/c1-7-5-3-2-4-6-7;2*1-2-4-5-3-1/h2-6H,1H3;1-4H;1-2H,(H,3,4,5). The van der Waals surface area contributed by atoms with E-state index in [-0.39, 0.29) is 0 Å². The van der Waals surface area contributed by atoms with Crippen LogP contribution < -0.4 is 0 Å². The third-order valence-corrected chi connectivity index (χ3v) is 2.33. The largest absolute Gasteiger partial charge is 0.266 e. The molecule has 0 fully saturated rings. The van der Waals surface area contributed by atoms with Crippen molar-refractivity contribution < 1.29 is 0 Å². The van der Waals surface area contributed by atoms with Crippen molar-refractivity contribution in [1.82, 2.24) is 15.4 Å². The van der Waals surface area contributed by atoms with Crippen LogP contribution in [-0.4, -0.2) is 15.4 Å². The van der Waals surface area contributed by atoms with Crippen LogP contribution in [0.5, 0.6) is 0 Å². The Kier molecular flexibility index (Phi) is 7.18. The number of hydrogen-bond donors (Lipinski definition) is 1. The molecule has 17 heavy (non-hydrogen) atoms. The SMILES string of the molecule is Cc1ccccc1.c1c[nH]nn1.c1ccsc1. The number of aromatic nitrogens is 3. The van der Waals surface area contributed by atoms with E-state index < -0.39 is 0 Å². The number of rotatable bonds is 0. The number of hydrogen-bond acceptors (Lipinski definition) is 3. The van der Waals surface area contributed by atoms with Crippen LogP contribution in [0, 0.1) is 6.92 Å². The highest BCUT2D eigenvalue weighted by Crippen LogP contribution is 1.92. The molecular formula is C13H15N3S. The Balaban J connectivity index is 0.000000130. The van der Waals surface area contributed by atoms with Crippen LogP contribution in [0.4, 0.5) is 0 Å². The van der Waals surface area contributed by atoms with Crippen molar-refractivity contribution in [3.8, 4) is 0 Å². The lowest BCUT2D eigenvalue weighted by molar-refractivity contribution is 0.940. The van der Waals surface area contributed by atoms with Crippen molar-refractivity contribution in [3.63, 3.8) is 0 Å². The fraction of sp³-hybridized carbons (Fsp3) is 0.0769. The summed E-state index contributed by atoms with van der Waals surface area (Å²) in [6.07, 6.45) is 3.24. The topological polar surface area (TPSA) is 41.6 Å². The molecule has 3 aromatic rings. The van der Waals surface area contributed by atoms with Gasteiger partial charge in [-0.3, -0.25) is 5.10 Å². The average molecular weight is 245 g/mol. The van der Waals surface area contributed by atoms with E-state index in [0.717, 1.165) is 0 Å². The predicted octanol–water partition coefficient (Wildman–Crippen LogP) is 3.55. The first-order chi connectivity index (χ1) is 8.39. The second-order valence-electron chi connectivity index (χ2n) is 3.11. The molecule has 1 N–H and O–H groups in total. The molecule has 0 atom stereocenters. The molecule has 1 aromatic carbocycles. The van der Waals surface area contributed by atoms with Crippen LogP contribution >= 0.6 is 11.3 Å². The maximum Gasteiger partial charge on any atom is 0.0690 e. The zero-order valence-corrected chi connectivity index (χ0v) is 10.5. The quantitative estimate of drug-likeness (QED) is 0.658. The first-order valence-corrected chi connectivity index (χ1v) is 6.13. The number of H-pyrrole nitrogens is 1. The zero-order chi connectivity index (χ0) is 12.2. The van der Waals surface area contributed by atoms with Crippen LogP contribution in [0.15, 0.2) is 65.6 Å². The summed E-state index contributed by atoms with van der Waals surface area (Å²) in [4.78, 5) is 0. The van der Waals surface area contributed by atoms with Gasteiger partial charge in [-0.15, -0.1) is 5.10 Å². The van der Waals surface area contributed by atoms with Crippen molar-refractivity contribution in [2.24, 2.45) is 0 Å². The third kappa shape index (κ3) is 7.93. The summed E-state index contributed by atoms with van der Waals surface area (Å²) in [5.74, 6) is 0. The van der Waals surface area contributed by atoms with Crippen LogP contribution in [-0.2, 0) is 0 Å². The molecule has 0 saturated carbocycles. The summed E-state index contributed by atoms with van der Waals surface area (Å²) >= 11 is 1.71. The van der Waals surface area contributed by atoms with E-state index in [0.29, 0.717) is 0 Å². The van der Waals surface area contributed by atoms with E-state index in [9.17, 15) is 0 Å². The molecule has 3 rings (SSSR count). The number of aromatic amines is 1. The summed E-state index contributed by atoms with van der Waals surface area (Å²) in [6.45, 7) is 2.08. The second kappa shape index (κ2) is 9.30. The maximum atomic E-state index is 3.42. The van der Waals surface area contributed by atoms with Gasteiger partial charge in [-0.05, 0) is 17.7 Å². The molecule has 0 saturated heterocycles. The molecule has 0 amide bonds. The van der Waals surface area contributed by atoms with Gasteiger partial charge in [-0.1, -0.05) is 53.2 Å². The fourth-order valence-electron chi connectivity index (χ4n) is 0.928. The molecule has 2 aromatic heterocycles. The van der Waals surface area contributed by atoms with Crippen molar-refractivity contribution in [3.05, 3.63) is 71.2 Å². The van der Waals surface area contributed by atoms with Crippen LogP contribution in [0.3, 0.4) is 0 Å². The van der Waals surface area contributed by atoms with E-state index in [4.69, 9.17) is 0 Å². The Morgan fingerprint density at radius 3 is 1.94 bits per heavy atom. The Bertz CT molecular complexity index is 374. The van der Waals surface area contributed by atoms with Crippen molar-refractivity contribution >= 4 is 11.3 Å². The molecule has 3 nitrogen and oxygen atoms in total. The lowest BCUT2D eigenvalue weighted by atomic mass is 10.2. The number of nitrogens with zero attached hydrogens (tertiary/aromatic N) is 2. The minimum atomic E-state index is 1.32. The zero-order valence-electron chi connectivity index (χ0n) is 9.65.